The van der Waals surface area contributed by atoms with Crippen molar-refractivity contribution in [3.63, 3.8) is 0 Å². The van der Waals surface area contributed by atoms with Gasteiger partial charge < -0.3 is 15.8 Å². The van der Waals surface area contributed by atoms with Gasteiger partial charge in [0.15, 0.2) is 0 Å². The Bertz CT molecular complexity index is 644. The van der Waals surface area contributed by atoms with Gasteiger partial charge in [-0.25, -0.2) is 0 Å². The zero-order valence-corrected chi connectivity index (χ0v) is 13.0. The van der Waals surface area contributed by atoms with Crippen molar-refractivity contribution in [1.29, 1.82) is 0 Å². The number of rotatable bonds is 3. The topological polar surface area (TPSA) is 64.3 Å². The van der Waals surface area contributed by atoms with Gasteiger partial charge in [-0.1, -0.05) is 11.6 Å². The number of hydrogen-bond donors (Lipinski definition) is 2. The van der Waals surface area contributed by atoms with Gasteiger partial charge in [-0.2, -0.15) is 0 Å². The molecule has 20 heavy (non-hydrogen) atoms. The summed E-state index contributed by atoms with van der Waals surface area (Å²) in [5.41, 5.74) is 7.29. The van der Waals surface area contributed by atoms with E-state index in [9.17, 15) is 4.79 Å². The van der Waals surface area contributed by atoms with Crippen LogP contribution in [0, 0.1) is 0 Å². The summed E-state index contributed by atoms with van der Waals surface area (Å²) >= 11 is 9.15. The highest BCUT2D eigenvalue weighted by Gasteiger charge is 2.13. The first kappa shape index (κ1) is 14.7. The molecule has 0 aliphatic heterocycles. The zero-order chi connectivity index (χ0) is 14.7. The van der Waals surface area contributed by atoms with E-state index in [1.165, 1.54) is 7.11 Å². The van der Waals surface area contributed by atoms with Gasteiger partial charge >= 0.3 is 0 Å². The van der Waals surface area contributed by atoms with Crippen LogP contribution in [0.4, 0.5) is 11.4 Å². The molecule has 0 saturated heterocycles. The van der Waals surface area contributed by atoms with Crippen LogP contribution in [0.1, 0.15) is 10.4 Å². The molecule has 6 heteroatoms. The largest absolute Gasteiger partial charge is 0.494 e. The third kappa shape index (κ3) is 3.23. The first-order chi connectivity index (χ1) is 9.51. The molecule has 0 radical (unpaired) electrons. The van der Waals surface area contributed by atoms with E-state index >= 15 is 0 Å². The molecule has 2 aromatic rings. The van der Waals surface area contributed by atoms with Crippen LogP contribution in [0.25, 0.3) is 0 Å². The second kappa shape index (κ2) is 6.15. The summed E-state index contributed by atoms with van der Waals surface area (Å²) in [7, 11) is 1.51. The fourth-order valence-electron chi connectivity index (χ4n) is 1.67. The van der Waals surface area contributed by atoms with Crippen LogP contribution >= 0.6 is 27.5 Å². The van der Waals surface area contributed by atoms with Crippen LogP contribution in [-0.2, 0) is 0 Å². The predicted molar refractivity (Wildman–Crippen MR) is 84.5 cm³/mol. The first-order valence-electron chi connectivity index (χ1n) is 5.71. The molecule has 0 spiro atoms. The quantitative estimate of drug-likeness (QED) is 0.820. The Labute approximate surface area is 130 Å². The van der Waals surface area contributed by atoms with Gasteiger partial charge in [-0.05, 0) is 46.3 Å². The molecular formula is C14H12BrClN2O2. The molecule has 0 bridgehead atoms. The number of anilines is 2. The van der Waals surface area contributed by atoms with Crippen molar-refractivity contribution in [3.8, 4) is 5.75 Å². The highest BCUT2D eigenvalue weighted by Crippen LogP contribution is 2.35. The standard InChI is InChI=1S/C14H12BrClN2O2/c1-20-12-7-10(17)6-11(15)13(12)18-14(19)8-2-4-9(16)5-3-8/h2-7H,17H2,1H3,(H,18,19). The number of nitrogen functional groups attached to an aromatic ring is 1. The van der Waals surface area contributed by atoms with Gasteiger partial charge in [0, 0.05) is 26.8 Å². The summed E-state index contributed by atoms with van der Waals surface area (Å²) in [6.45, 7) is 0. The zero-order valence-electron chi connectivity index (χ0n) is 10.6. The molecule has 3 N–H and O–H groups in total. The van der Waals surface area contributed by atoms with E-state index in [0.717, 1.165) is 0 Å². The number of amides is 1. The van der Waals surface area contributed by atoms with E-state index in [2.05, 4.69) is 21.2 Å². The minimum Gasteiger partial charge on any atom is -0.494 e. The molecule has 0 aromatic heterocycles. The molecule has 0 fully saturated rings. The van der Waals surface area contributed by atoms with Crippen molar-refractivity contribution in [2.24, 2.45) is 0 Å². The molecule has 1 amide bonds. The molecule has 2 aromatic carbocycles. The number of hydrogen-bond acceptors (Lipinski definition) is 3. The Balaban J connectivity index is 2.30. The van der Waals surface area contributed by atoms with Gasteiger partial charge in [0.25, 0.3) is 5.91 Å². The van der Waals surface area contributed by atoms with Crippen molar-refractivity contribution in [1.82, 2.24) is 0 Å². The smallest absolute Gasteiger partial charge is 0.255 e. The maximum absolute atomic E-state index is 12.2. The molecule has 2 rings (SSSR count). The van der Waals surface area contributed by atoms with Crippen LogP contribution in [0.5, 0.6) is 5.75 Å². The Morgan fingerprint density at radius 2 is 1.95 bits per heavy atom. The van der Waals surface area contributed by atoms with Crippen molar-refractivity contribution >= 4 is 44.8 Å². The van der Waals surface area contributed by atoms with Crippen LogP contribution < -0.4 is 15.8 Å². The van der Waals surface area contributed by atoms with Crippen molar-refractivity contribution < 1.29 is 9.53 Å². The number of methoxy groups -OCH3 is 1. The van der Waals surface area contributed by atoms with Gasteiger partial charge in [-0.3, -0.25) is 4.79 Å². The Morgan fingerprint density at radius 3 is 2.55 bits per heavy atom. The monoisotopic (exact) mass is 354 g/mol. The van der Waals surface area contributed by atoms with E-state index < -0.39 is 0 Å². The second-order valence-corrected chi connectivity index (χ2v) is 5.33. The third-order valence-electron chi connectivity index (χ3n) is 2.64. The van der Waals surface area contributed by atoms with Gasteiger partial charge in [0.1, 0.15) is 5.75 Å². The Hall–Kier alpha value is -1.72. The number of nitrogens with two attached hydrogens (primary N) is 1. The maximum atomic E-state index is 12.2. The summed E-state index contributed by atoms with van der Waals surface area (Å²) in [4.78, 5) is 12.2. The number of nitrogens with one attached hydrogen (secondary N) is 1. The number of benzene rings is 2. The van der Waals surface area contributed by atoms with E-state index in [4.69, 9.17) is 22.1 Å². The molecule has 0 aliphatic rings. The predicted octanol–water partition coefficient (Wildman–Crippen LogP) is 3.95. The summed E-state index contributed by atoms with van der Waals surface area (Å²) in [6, 6.07) is 9.95. The number of carbonyl (C=O) groups is 1. The number of carbonyl (C=O) groups excluding carboxylic acids is 1. The van der Waals surface area contributed by atoms with Crippen LogP contribution in [0.2, 0.25) is 5.02 Å². The summed E-state index contributed by atoms with van der Waals surface area (Å²) in [6.07, 6.45) is 0. The van der Waals surface area contributed by atoms with E-state index in [-0.39, 0.29) is 5.91 Å². The summed E-state index contributed by atoms with van der Waals surface area (Å²) in [5, 5.41) is 3.36. The molecule has 0 unspecified atom stereocenters. The SMILES string of the molecule is COc1cc(N)cc(Br)c1NC(=O)c1ccc(Cl)cc1. The lowest BCUT2D eigenvalue weighted by Crippen LogP contribution is -2.13. The number of halogens is 2. The van der Waals surface area contributed by atoms with Crippen LogP contribution in [0.3, 0.4) is 0 Å². The van der Waals surface area contributed by atoms with E-state index in [1.807, 2.05) is 0 Å². The average Bonchev–Trinajstić information content (AvgIpc) is 2.42. The second-order valence-electron chi connectivity index (χ2n) is 4.04. The maximum Gasteiger partial charge on any atom is 0.255 e. The Kier molecular flexibility index (Phi) is 4.52. The summed E-state index contributed by atoms with van der Waals surface area (Å²) < 4.78 is 5.87. The van der Waals surface area contributed by atoms with Gasteiger partial charge in [-0.15, -0.1) is 0 Å². The highest BCUT2D eigenvalue weighted by atomic mass is 79.9. The van der Waals surface area contributed by atoms with Crippen LogP contribution in [0.15, 0.2) is 40.9 Å². The molecule has 0 saturated carbocycles. The summed E-state index contributed by atoms with van der Waals surface area (Å²) in [5.74, 6) is 0.227. The van der Waals surface area contributed by atoms with Crippen molar-refractivity contribution in [3.05, 3.63) is 51.5 Å². The van der Waals surface area contributed by atoms with Gasteiger partial charge in [0.2, 0.25) is 0 Å². The average molecular weight is 356 g/mol. The fraction of sp³-hybridized carbons (Fsp3) is 0.0714. The lowest BCUT2D eigenvalue weighted by atomic mass is 10.2. The molecule has 104 valence electrons. The lowest BCUT2D eigenvalue weighted by molar-refractivity contribution is 0.102. The minimum atomic E-state index is -0.259. The highest BCUT2D eigenvalue weighted by molar-refractivity contribution is 9.10. The van der Waals surface area contributed by atoms with E-state index in [1.54, 1.807) is 36.4 Å². The molecule has 0 aliphatic carbocycles. The number of ether oxygens (including phenoxy) is 1. The molecular weight excluding hydrogens is 344 g/mol. The van der Waals surface area contributed by atoms with E-state index in [0.29, 0.717) is 32.2 Å². The first-order valence-corrected chi connectivity index (χ1v) is 6.88. The van der Waals surface area contributed by atoms with Crippen molar-refractivity contribution in [2.45, 2.75) is 0 Å². The Morgan fingerprint density at radius 1 is 1.30 bits per heavy atom. The minimum absolute atomic E-state index is 0.259. The third-order valence-corrected chi connectivity index (χ3v) is 3.52. The normalized spacial score (nSPS) is 10.2. The molecule has 4 nitrogen and oxygen atoms in total. The lowest BCUT2D eigenvalue weighted by Gasteiger charge is -2.13. The van der Waals surface area contributed by atoms with Gasteiger partial charge in [0.05, 0.1) is 12.8 Å². The molecule has 0 heterocycles. The van der Waals surface area contributed by atoms with Crippen LogP contribution in [-0.4, -0.2) is 13.0 Å². The fourth-order valence-corrected chi connectivity index (χ4v) is 2.36. The molecule has 0 atom stereocenters. The van der Waals surface area contributed by atoms with Crippen molar-refractivity contribution in [2.75, 3.05) is 18.2 Å².